The summed E-state index contributed by atoms with van der Waals surface area (Å²) in [5, 5.41) is 9.67. The summed E-state index contributed by atoms with van der Waals surface area (Å²) in [7, 11) is 1.73. The summed E-state index contributed by atoms with van der Waals surface area (Å²) < 4.78 is 1.46. The van der Waals surface area contributed by atoms with Crippen LogP contribution in [0.4, 0.5) is 5.69 Å². The lowest BCUT2D eigenvalue weighted by atomic mass is 9.99. The van der Waals surface area contributed by atoms with E-state index >= 15 is 0 Å². The third-order valence-electron chi connectivity index (χ3n) is 4.99. The Labute approximate surface area is 141 Å². The Balaban J connectivity index is 1.86. The average molecular weight is 319 g/mol. The number of benzene rings is 2. The van der Waals surface area contributed by atoms with Crippen LogP contribution < -0.4 is 10.9 Å². The lowest BCUT2D eigenvalue weighted by Gasteiger charge is -2.11. The van der Waals surface area contributed by atoms with Crippen LogP contribution in [0.5, 0.6) is 0 Å². The molecule has 1 aliphatic heterocycles. The Kier molecular flexibility index (Phi) is 3.41. The van der Waals surface area contributed by atoms with Gasteiger partial charge in [0.15, 0.2) is 0 Å². The zero-order chi connectivity index (χ0) is 16.8. The minimum Gasteiger partial charge on any atom is -0.384 e. The van der Waals surface area contributed by atoms with Crippen molar-refractivity contribution in [3.05, 3.63) is 68.6 Å². The van der Waals surface area contributed by atoms with Crippen molar-refractivity contribution in [1.82, 2.24) is 9.78 Å². The van der Waals surface area contributed by atoms with Gasteiger partial charge in [-0.3, -0.25) is 4.79 Å². The van der Waals surface area contributed by atoms with Gasteiger partial charge in [-0.25, -0.2) is 4.68 Å². The topological polar surface area (TPSA) is 46.9 Å². The summed E-state index contributed by atoms with van der Waals surface area (Å²) in [6.45, 7) is 5.14. The second-order valence-electron chi connectivity index (χ2n) is 6.70. The van der Waals surface area contributed by atoms with Crippen LogP contribution in [-0.2, 0) is 19.9 Å². The molecular formula is C20H21N3O. The molecule has 1 aromatic heterocycles. The Morgan fingerprint density at radius 2 is 1.88 bits per heavy atom. The predicted molar refractivity (Wildman–Crippen MR) is 97.9 cm³/mol. The van der Waals surface area contributed by atoms with Crippen molar-refractivity contribution >= 4 is 16.5 Å². The van der Waals surface area contributed by atoms with Gasteiger partial charge in [-0.2, -0.15) is 5.10 Å². The zero-order valence-corrected chi connectivity index (χ0v) is 14.3. The molecule has 0 spiro atoms. The maximum absolute atomic E-state index is 12.4. The molecule has 2 aromatic carbocycles. The van der Waals surface area contributed by atoms with Crippen LogP contribution in [0.3, 0.4) is 0 Å². The molecule has 3 aromatic rings. The van der Waals surface area contributed by atoms with Crippen LogP contribution in [-0.4, -0.2) is 16.3 Å². The largest absolute Gasteiger partial charge is 0.384 e. The summed E-state index contributed by atoms with van der Waals surface area (Å²) >= 11 is 0. The highest BCUT2D eigenvalue weighted by Crippen LogP contribution is 2.26. The van der Waals surface area contributed by atoms with E-state index in [0.29, 0.717) is 0 Å². The molecule has 0 saturated heterocycles. The van der Waals surface area contributed by atoms with Gasteiger partial charge in [-0.15, -0.1) is 0 Å². The van der Waals surface area contributed by atoms with Gasteiger partial charge in [0.25, 0.3) is 5.56 Å². The van der Waals surface area contributed by atoms with E-state index < -0.39 is 0 Å². The maximum atomic E-state index is 12.4. The van der Waals surface area contributed by atoms with Gasteiger partial charge in [0, 0.05) is 31.1 Å². The molecule has 0 saturated carbocycles. The summed E-state index contributed by atoms with van der Waals surface area (Å²) in [5.74, 6) is 0. The molecule has 4 nitrogen and oxygen atoms in total. The first kappa shape index (κ1) is 14.9. The number of anilines is 1. The van der Waals surface area contributed by atoms with Gasteiger partial charge < -0.3 is 5.32 Å². The molecule has 122 valence electrons. The first-order chi connectivity index (χ1) is 11.5. The predicted octanol–water partition coefficient (Wildman–Crippen LogP) is 3.11. The second-order valence-corrected chi connectivity index (χ2v) is 6.70. The van der Waals surface area contributed by atoms with Crippen molar-refractivity contribution in [1.29, 1.82) is 0 Å². The second kappa shape index (κ2) is 5.48. The fourth-order valence-corrected chi connectivity index (χ4v) is 3.48. The van der Waals surface area contributed by atoms with E-state index in [-0.39, 0.29) is 5.56 Å². The monoisotopic (exact) mass is 319 g/mol. The van der Waals surface area contributed by atoms with Crippen molar-refractivity contribution in [3.63, 3.8) is 0 Å². The Morgan fingerprint density at radius 1 is 1.12 bits per heavy atom. The maximum Gasteiger partial charge on any atom is 0.274 e. The van der Waals surface area contributed by atoms with Crippen molar-refractivity contribution in [2.45, 2.75) is 26.7 Å². The fourth-order valence-electron chi connectivity index (χ4n) is 3.48. The van der Waals surface area contributed by atoms with Gasteiger partial charge in [-0.05, 0) is 60.7 Å². The van der Waals surface area contributed by atoms with Gasteiger partial charge >= 0.3 is 0 Å². The molecule has 4 heteroatoms. The number of nitrogens with zero attached hydrogens (tertiary/aromatic N) is 2. The van der Waals surface area contributed by atoms with Gasteiger partial charge in [0.05, 0.1) is 11.1 Å². The zero-order valence-electron chi connectivity index (χ0n) is 14.3. The third kappa shape index (κ3) is 2.39. The molecule has 24 heavy (non-hydrogen) atoms. The minimum atomic E-state index is -0.0324. The molecular weight excluding hydrogens is 298 g/mol. The average Bonchev–Trinajstić information content (AvgIpc) is 3.02. The van der Waals surface area contributed by atoms with Gasteiger partial charge in [-0.1, -0.05) is 12.1 Å². The lowest BCUT2D eigenvalue weighted by molar-refractivity contribution is 0.697. The first-order valence-electron chi connectivity index (χ1n) is 8.36. The van der Waals surface area contributed by atoms with Crippen LogP contribution >= 0.6 is 0 Å². The van der Waals surface area contributed by atoms with Crippen molar-refractivity contribution in [3.8, 4) is 0 Å². The van der Waals surface area contributed by atoms with Crippen LogP contribution in [0.2, 0.25) is 0 Å². The molecule has 1 aliphatic rings. The summed E-state index contributed by atoms with van der Waals surface area (Å²) in [6, 6.07) is 10.6. The molecule has 2 heterocycles. The molecule has 0 atom stereocenters. The van der Waals surface area contributed by atoms with Crippen molar-refractivity contribution in [2.75, 3.05) is 11.9 Å². The Bertz CT molecular complexity index is 1020. The van der Waals surface area contributed by atoms with Crippen molar-refractivity contribution < 1.29 is 0 Å². The molecule has 4 rings (SSSR count). The smallest absolute Gasteiger partial charge is 0.274 e. The Morgan fingerprint density at radius 3 is 2.67 bits per heavy atom. The van der Waals surface area contributed by atoms with Crippen molar-refractivity contribution in [2.24, 2.45) is 7.05 Å². The highest BCUT2D eigenvalue weighted by atomic mass is 16.1. The molecule has 0 amide bonds. The highest BCUT2D eigenvalue weighted by Gasteiger charge is 2.14. The molecule has 0 fully saturated rings. The number of hydrogen-bond donors (Lipinski definition) is 1. The van der Waals surface area contributed by atoms with E-state index in [2.05, 4.69) is 41.6 Å². The molecule has 0 radical (unpaired) electrons. The van der Waals surface area contributed by atoms with Crippen LogP contribution in [0.15, 0.2) is 35.1 Å². The fraction of sp³-hybridized carbons (Fsp3) is 0.300. The minimum absolute atomic E-state index is 0.0324. The van der Waals surface area contributed by atoms with Crippen LogP contribution in [0.1, 0.15) is 27.9 Å². The number of nitrogens with one attached hydrogen (secondary N) is 1. The highest BCUT2D eigenvalue weighted by molar-refractivity contribution is 5.85. The molecule has 0 aliphatic carbocycles. The SMILES string of the molecule is Cc1cc2c(Cc3ccc4c(c3)CCN4)nn(C)c(=O)c2cc1C. The molecule has 0 unspecified atom stereocenters. The number of aryl methyl sites for hydroxylation is 3. The van der Waals surface area contributed by atoms with E-state index in [9.17, 15) is 4.79 Å². The van der Waals surface area contributed by atoms with Crippen LogP contribution in [0, 0.1) is 13.8 Å². The first-order valence-corrected chi connectivity index (χ1v) is 8.36. The summed E-state index contributed by atoms with van der Waals surface area (Å²) in [6.07, 6.45) is 1.81. The van der Waals surface area contributed by atoms with E-state index in [1.54, 1.807) is 7.05 Å². The van der Waals surface area contributed by atoms with E-state index in [1.165, 1.54) is 27.1 Å². The van der Waals surface area contributed by atoms with Gasteiger partial charge in [0.2, 0.25) is 0 Å². The standard InChI is InChI=1S/C20H21N3O/c1-12-8-16-17(9-13(12)2)20(24)23(3)22-19(16)11-14-4-5-18-15(10-14)6-7-21-18/h4-5,8-10,21H,6-7,11H2,1-3H3. The number of fused-ring (bicyclic) bond motifs is 2. The number of rotatable bonds is 2. The quantitative estimate of drug-likeness (QED) is 0.789. The molecule has 0 bridgehead atoms. The van der Waals surface area contributed by atoms with E-state index in [0.717, 1.165) is 41.4 Å². The summed E-state index contributed by atoms with van der Waals surface area (Å²) in [5.41, 5.74) is 7.11. The number of hydrogen-bond acceptors (Lipinski definition) is 3. The normalized spacial score (nSPS) is 13.1. The van der Waals surface area contributed by atoms with E-state index in [1.807, 2.05) is 13.0 Å². The Hall–Kier alpha value is -2.62. The third-order valence-corrected chi connectivity index (χ3v) is 4.99. The number of aromatic nitrogens is 2. The van der Waals surface area contributed by atoms with E-state index in [4.69, 9.17) is 0 Å². The van der Waals surface area contributed by atoms with Gasteiger partial charge in [0.1, 0.15) is 0 Å². The summed E-state index contributed by atoms with van der Waals surface area (Å²) in [4.78, 5) is 12.4. The van der Waals surface area contributed by atoms with Crippen LogP contribution in [0.25, 0.3) is 10.8 Å². The molecule has 1 N–H and O–H groups in total. The lowest BCUT2D eigenvalue weighted by Crippen LogP contribution is -2.22.